The van der Waals surface area contributed by atoms with Crippen molar-refractivity contribution in [2.75, 3.05) is 0 Å². The largest absolute Gasteiger partial charge is 0.453 e. The summed E-state index contributed by atoms with van der Waals surface area (Å²) in [5.74, 6) is -0.396. The molecule has 0 bridgehead atoms. The molecule has 0 aliphatic carbocycles. The topological polar surface area (TPSA) is 65.2 Å². The van der Waals surface area contributed by atoms with E-state index in [0.29, 0.717) is 5.56 Å². The zero-order valence-corrected chi connectivity index (χ0v) is 9.88. The Morgan fingerprint density at radius 3 is 2.94 bits per heavy atom. The van der Waals surface area contributed by atoms with Crippen LogP contribution < -0.4 is 0 Å². The number of rotatable bonds is 3. The third-order valence-corrected chi connectivity index (χ3v) is 2.22. The fourth-order valence-corrected chi connectivity index (χ4v) is 1.44. The number of esters is 1. The Bertz CT molecular complexity index is 568. The predicted octanol–water partition coefficient (Wildman–Crippen LogP) is 2.50. The van der Waals surface area contributed by atoms with Crippen LogP contribution in [0.1, 0.15) is 25.8 Å². The first kappa shape index (κ1) is 12.2. The van der Waals surface area contributed by atoms with Gasteiger partial charge in [0, 0.05) is 12.5 Å². The molecule has 2 rings (SSSR count). The van der Waals surface area contributed by atoms with Gasteiger partial charge in [-0.15, -0.1) is 0 Å². The quantitative estimate of drug-likeness (QED) is 0.783. The summed E-state index contributed by atoms with van der Waals surface area (Å²) in [4.78, 5) is 14.8. The van der Waals surface area contributed by atoms with Gasteiger partial charge in [-0.25, -0.2) is 4.39 Å². The van der Waals surface area contributed by atoms with E-state index in [9.17, 15) is 9.18 Å². The molecule has 6 heteroatoms. The number of carbonyl (C=O) groups is 1. The van der Waals surface area contributed by atoms with E-state index >= 15 is 0 Å². The molecule has 0 aliphatic rings. The van der Waals surface area contributed by atoms with Crippen molar-refractivity contribution in [3.8, 4) is 11.4 Å². The van der Waals surface area contributed by atoms with Crippen molar-refractivity contribution in [2.24, 2.45) is 0 Å². The number of ether oxygens (including phenoxy) is 1. The SMILES string of the molecule is CC(=O)OC(C)c1nc(-c2cccc(F)c2)no1. The minimum absolute atomic E-state index is 0.171. The standard InChI is InChI=1S/C12H11FN2O3/c1-7(17-8(2)16)12-14-11(15-18-12)9-4-3-5-10(13)6-9/h3-7H,1-2H3. The van der Waals surface area contributed by atoms with E-state index in [4.69, 9.17) is 9.26 Å². The van der Waals surface area contributed by atoms with Crippen LogP contribution in [0.25, 0.3) is 11.4 Å². The molecule has 0 saturated heterocycles. The second-order valence-electron chi connectivity index (χ2n) is 3.72. The van der Waals surface area contributed by atoms with E-state index in [0.717, 1.165) is 0 Å². The lowest BCUT2D eigenvalue weighted by atomic mass is 10.2. The molecule has 0 fully saturated rings. The first-order valence-electron chi connectivity index (χ1n) is 5.33. The fraction of sp³-hybridized carbons (Fsp3) is 0.250. The summed E-state index contributed by atoms with van der Waals surface area (Å²) in [6, 6.07) is 5.83. The van der Waals surface area contributed by atoms with Gasteiger partial charge in [-0.2, -0.15) is 4.98 Å². The molecule has 1 heterocycles. The maximum Gasteiger partial charge on any atom is 0.303 e. The van der Waals surface area contributed by atoms with E-state index < -0.39 is 12.1 Å². The third kappa shape index (κ3) is 2.71. The Balaban J connectivity index is 2.22. The van der Waals surface area contributed by atoms with Gasteiger partial charge in [0.1, 0.15) is 5.82 Å². The van der Waals surface area contributed by atoms with E-state index in [2.05, 4.69) is 10.1 Å². The summed E-state index contributed by atoms with van der Waals surface area (Å²) in [5, 5.41) is 3.71. The van der Waals surface area contributed by atoms with E-state index in [1.54, 1.807) is 19.1 Å². The van der Waals surface area contributed by atoms with Crippen LogP contribution in [0.15, 0.2) is 28.8 Å². The molecular weight excluding hydrogens is 239 g/mol. The highest BCUT2D eigenvalue weighted by atomic mass is 19.1. The predicted molar refractivity (Wildman–Crippen MR) is 59.9 cm³/mol. The Morgan fingerprint density at radius 2 is 2.28 bits per heavy atom. The van der Waals surface area contributed by atoms with Crippen LogP contribution in [0.2, 0.25) is 0 Å². The van der Waals surface area contributed by atoms with Crippen LogP contribution in [0.3, 0.4) is 0 Å². The molecule has 0 aliphatic heterocycles. The Morgan fingerprint density at radius 1 is 1.50 bits per heavy atom. The van der Waals surface area contributed by atoms with E-state index in [1.165, 1.54) is 19.1 Å². The van der Waals surface area contributed by atoms with Gasteiger partial charge in [0.25, 0.3) is 5.89 Å². The number of hydrogen-bond donors (Lipinski definition) is 0. The molecule has 0 amide bonds. The van der Waals surface area contributed by atoms with Crippen LogP contribution in [0.4, 0.5) is 4.39 Å². The van der Waals surface area contributed by atoms with E-state index in [-0.39, 0.29) is 17.5 Å². The lowest BCUT2D eigenvalue weighted by Gasteiger charge is -2.05. The summed E-state index contributed by atoms with van der Waals surface area (Å²) in [5.41, 5.74) is 0.500. The molecular formula is C12H11FN2O3. The third-order valence-electron chi connectivity index (χ3n) is 2.22. The summed E-state index contributed by atoms with van der Waals surface area (Å²) >= 11 is 0. The number of hydrogen-bond acceptors (Lipinski definition) is 5. The highest BCUT2D eigenvalue weighted by molar-refractivity contribution is 5.66. The highest BCUT2D eigenvalue weighted by Gasteiger charge is 2.17. The molecule has 18 heavy (non-hydrogen) atoms. The van der Waals surface area contributed by atoms with Crippen LogP contribution >= 0.6 is 0 Å². The number of nitrogens with zero attached hydrogens (tertiary/aromatic N) is 2. The van der Waals surface area contributed by atoms with Crippen molar-refractivity contribution in [3.63, 3.8) is 0 Å². The van der Waals surface area contributed by atoms with Crippen molar-refractivity contribution in [1.29, 1.82) is 0 Å². The van der Waals surface area contributed by atoms with Crippen LogP contribution in [-0.4, -0.2) is 16.1 Å². The van der Waals surface area contributed by atoms with Crippen molar-refractivity contribution < 1.29 is 18.4 Å². The van der Waals surface area contributed by atoms with Crippen LogP contribution in [0.5, 0.6) is 0 Å². The molecule has 0 radical (unpaired) electrons. The summed E-state index contributed by atoms with van der Waals surface area (Å²) < 4.78 is 22.9. The lowest BCUT2D eigenvalue weighted by molar-refractivity contribution is -0.146. The highest BCUT2D eigenvalue weighted by Crippen LogP contribution is 2.20. The maximum absolute atomic E-state index is 13.0. The van der Waals surface area contributed by atoms with Crippen molar-refractivity contribution in [2.45, 2.75) is 20.0 Å². The second kappa shape index (κ2) is 4.95. The first-order chi connectivity index (χ1) is 8.56. The first-order valence-corrected chi connectivity index (χ1v) is 5.33. The molecule has 2 aromatic rings. The molecule has 1 aromatic heterocycles. The average Bonchev–Trinajstić information content (AvgIpc) is 2.77. The smallest absolute Gasteiger partial charge is 0.303 e. The zero-order chi connectivity index (χ0) is 13.1. The number of halogens is 1. The molecule has 94 valence electrons. The second-order valence-corrected chi connectivity index (χ2v) is 3.72. The molecule has 0 N–H and O–H groups in total. The Kier molecular flexibility index (Phi) is 3.36. The number of aromatic nitrogens is 2. The van der Waals surface area contributed by atoms with Gasteiger partial charge in [-0.1, -0.05) is 17.3 Å². The van der Waals surface area contributed by atoms with Gasteiger partial charge in [0.2, 0.25) is 5.82 Å². The monoisotopic (exact) mass is 250 g/mol. The molecule has 1 unspecified atom stereocenters. The van der Waals surface area contributed by atoms with Crippen LogP contribution in [-0.2, 0) is 9.53 Å². The molecule has 1 atom stereocenters. The summed E-state index contributed by atoms with van der Waals surface area (Å²) in [6.45, 7) is 2.91. The van der Waals surface area contributed by atoms with Crippen molar-refractivity contribution in [3.05, 3.63) is 36.0 Å². The van der Waals surface area contributed by atoms with Crippen molar-refractivity contribution >= 4 is 5.97 Å². The number of benzene rings is 1. The number of carbonyl (C=O) groups excluding carboxylic acids is 1. The summed E-state index contributed by atoms with van der Waals surface area (Å²) in [7, 11) is 0. The Labute approximate surface area is 103 Å². The maximum atomic E-state index is 13.0. The van der Waals surface area contributed by atoms with E-state index in [1.807, 2.05) is 0 Å². The summed E-state index contributed by atoms with van der Waals surface area (Å²) in [6.07, 6.45) is -0.627. The van der Waals surface area contributed by atoms with Crippen LogP contribution in [0, 0.1) is 5.82 Å². The van der Waals surface area contributed by atoms with Gasteiger partial charge in [0.15, 0.2) is 6.10 Å². The van der Waals surface area contributed by atoms with Gasteiger partial charge in [-0.3, -0.25) is 4.79 Å². The minimum Gasteiger partial charge on any atom is -0.453 e. The minimum atomic E-state index is -0.627. The average molecular weight is 250 g/mol. The van der Waals surface area contributed by atoms with Gasteiger partial charge < -0.3 is 9.26 Å². The fourth-order valence-electron chi connectivity index (χ4n) is 1.44. The van der Waals surface area contributed by atoms with Gasteiger partial charge in [-0.05, 0) is 19.1 Å². The molecule has 5 nitrogen and oxygen atoms in total. The van der Waals surface area contributed by atoms with Gasteiger partial charge >= 0.3 is 5.97 Å². The van der Waals surface area contributed by atoms with Gasteiger partial charge in [0.05, 0.1) is 0 Å². The Hall–Kier alpha value is -2.24. The normalized spacial score (nSPS) is 12.2. The molecule has 0 spiro atoms. The lowest BCUT2D eigenvalue weighted by Crippen LogP contribution is -2.04. The molecule has 0 saturated carbocycles. The van der Waals surface area contributed by atoms with Crippen molar-refractivity contribution in [1.82, 2.24) is 10.1 Å². The zero-order valence-electron chi connectivity index (χ0n) is 9.88. The molecule has 1 aromatic carbocycles.